The summed E-state index contributed by atoms with van der Waals surface area (Å²) in [4.78, 5) is 24.2. The molecule has 2 rings (SSSR count). The molecule has 0 saturated carbocycles. The van der Waals surface area contributed by atoms with Gasteiger partial charge in [-0.15, -0.1) is 0 Å². The topological polar surface area (TPSA) is 75.4 Å². The molecule has 0 bridgehead atoms. The Balaban J connectivity index is 2.28. The second-order valence-electron chi connectivity index (χ2n) is 4.83. The van der Waals surface area contributed by atoms with Crippen LogP contribution in [0.25, 0.3) is 0 Å². The van der Waals surface area contributed by atoms with Gasteiger partial charge in [0.05, 0.1) is 5.56 Å². The normalized spacial score (nSPS) is 19.8. The first-order valence-electron chi connectivity index (χ1n) is 6.24. The fourth-order valence-electron chi connectivity index (χ4n) is 2.16. The van der Waals surface area contributed by atoms with E-state index >= 15 is 0 Å². The van der Waals surface area contributed by atoms with Crippen LogP contribution in [0.5, 0.6) is 0 Å². The first-order chi connectivity index (χ1) is 9.70. The maximum Gasteiger partial charge on any atom is 0.418 e. The number of likely N-dealkylation sites (tertiary alicyclic amines) is 1. The zero-order valence-electron chi connectivity index (χ0n) is 11.2. The number of carbonyl (C=O) groups is 2. The second kappa shape index (κ2) is 5.27. The summed E-state index contributed by atoms with van der Waals surface area (Å²) >= 11 is 0. The number of halogens is 3. The Morgan fingerprint density at radius 2 is 2.00 bits per heavy atom. The molecule has 3 N–H and O–H groups in total. The number of nitrogens with zero attached hydrogens (tertiary/aromatic N) is 1. The lowest BCUT2D eigenvalue weighted by molar-refractivity contribution is -0.147. The molecule has 1 aliphatic rings. The van der Waals surface area contributed by atoms with Gasteiger partial charge in [-0.1, -0.05) is 0 Å². The van der Waals surface area contributed by atoms with Gasteiger partial charge in [-0.2, -0.15) is 13.2 Å². The number of rotatable bonds is 2. The lowest BCUT2D eigenvalue weighted by atomic mass is 10.0. The van der Waals surface area contributed by atoms with E-state index in [9.17, 15) is 22.8 Å². The number of carbonyl (C=O) groups excluding carboxylic acids is 2. The standard InChI is InChI=1S/C13H14F3N3O2/c1-19-11(20)5-4-10(12(19)21)18-9-3-2-7(17)6-8(9)13(14,15)16/h2-3,6,10,18H,4-5,17H2,1H3. The Kier molecular flexibility index (Phi) is 3.80. The molecule has 0 radical (unpaired) electrons. The summed E-state index contributed by atoms with van der Waals surface area (Å²) in [7, 11) is 1.31. The third-order valence-corrected chi connectivity index (χ3v) is 3.33. The average Bonchev–Trinajstić information content (AvgIpc) is 2.40. The minimum absolute atomic E-state index is 0.0184. The quantitative estimate of drug-likeness (QED) is 0.645. The molecule has 1 atom stereocenters. The van der Waals surface area contributed by atoms with Crippen LogP contribution >= 0.6 is 0 Å². The Bertz CT molecular complexity index is 587. The van der Waals surface area contributed by atoms with Crippen molar-refractivity contribution >= 4 is 23.2 Å². The minimum Gasteiger partial charge on any atom is -0.399 e. The molecule has 1 aromatic rings. The van der Waals surface area contributed by atoms with E-state index in [0.717, 1.165) is 11.0 Å². The molecule has 21 heavy (non-hydrogen) atoms. The Morgan fingerprint density at radius 1 is 1.33 bits per heavy atom. The van der Waals surface area contributed by atoms with E-state index in [0.29, 0.717) is 0 Å². The number of benzene rings is 1. The van der Waals surface area contributed by atoms with Crippen LogP contribution in [0.2, 0.25) is 0 Å². The summed E-state index contributed by atoms with van der Waals surface area (Å²) in [5.41, 5.74) is 4.20. The van der Waals surface area contributed by atoms with Crippen molar-refractivity contribution in [3.63, 3.8) is 0 Å². The SMILES string of the molecule is CN1C(=O)CCC(Nc2ccc(N)cc2C(F)(F)F)C1=O. The van der Waals surface area contributed by atoms with Crippen LogP contribution in [0.3, 0.4) is 0 Å². The number of likely N-dealkylation sites (N-methyl/N-ethyl adjacent to an activating group) is 1. The summed E-state index contributed by atoms with van der Waals surface area (Å²) in [6.07, 6.45) is -4.32. The van der Waals surface area contributed by atoms with E-state index in [1.54, 1.807) is 0 Å². The molecule has 1 aromatic carbocycles. The van der Waals surface area contributed by atoms with Crippen LogP contribution in [-0.4, -0.2) is 29.8 Å². The van der Waals surface area contributed by atoms with E-state index in [1.807, 2.05) is 0 Å². The Labute approximate surface area is 118 Å². The van der Waals surface area contributed by atoms with Crippen molar-refractivity contribution in [3.8, 4) is 0 Å². The highest BCUT2D eigenvalue weighted by atomic mass is 19.4. The number of amides is 2. The van der Waals surface area contributed by atoms with Gasteiger partial charge in [-0.05, 0) is 24.6 Å². The van der Waals surface area contributed by atoms with Crippen LogP contribution in [0, 0.1) is 0 Å². The fourth-order valence-corrected chi connectivity index (χ4v) is 2.16. The number of hydrogen-bond donors (Lipinski definition) is 2. The van der Waals surface area contributed by atoms with Gasteiger partial charge in [-0.25, -0.2) is 0 Å². The zero-order chi connectivity index (χ0) is 15.8. The van der Waals surface area contributed by atoms with Crippen molar-refractivity contribution in [2.45, 2.75) is 25.1 Å². The molecule has 0 aromatic heterocycles. The van der Waals surface area contributed by atoms with E-state index in [2.05, 4.69) is 5.32 Å². The third-order valence-electron chi connectivity index (χ3n) is 3.33. The van der Waals surface area contributed by atoms with E-state index in [-0.39, 0.29) is 30.1 Å². The van der Waals surface area contributed by atoms with E-state index < -0.39 is 23.7 Å². The van der Waals surface area contributed by atoms with Gasteiger partial charge in [0.25, 0.3) is 5.91 Å². The summed E-state index contributed by atoms with van der Waals surface area (Å²) in [5.74, 6) is -0.886. The van der Waals surface area contributed by atoms with Gasteiger partial charge >= 0.3 is 6.18 Å². The average molecular weight is 301 g/mol. The maximum atomic E-state index is 13.0. The maximum absolute atomic E-state index is 13.0. The first-order valence-corrected chi connectivity index (χ1v) is 6.24. The molecule has 2 amide bonds. The highest BCUT2D eigenvalue weighted by Crippen LogP contribution is 2.36. The molecule has 1 saturated heterocycles. The lowest BCUT2D eigenvalue weighted by Gasteiger charge is -2.29. The second-order valence-corrected chi connectivity index (χ2v) is 4.83. The number of alkyl halides is 3. The van der Waals surface area contributed by atoms with Crippen molar-refractivity contribution in [1.29, 1.82) is 0 Å². The molecule has 114 valence electrons. The zero-order valence-corrected chi connectivity index (χ0v) is 11.2. The molecule has 0 spiro atoms. The number of piperidine rings is 1. The van der Waals surface area contributed by atoms with Crippen molar-refractivity contribution in [3.05, 3.63) is 23.8 Å². The summed E-state index contributed by atoms with van der Waals surface area (Å²) in [5, 5.41) is 2.56. The number of anilines is 2. The number of nitrogens with one attached hydrogen (secondary N) is 1. The first kappa shape index (κ1) is 15.1. The number of imide groups is 1. The molecule has 1 fully saturated rings. The Hall–Kier alpha value is -2.25. The van der Waals surface area contributed by atoms with Gasteiger partial charge in [0.1, 0.15) is 6.04 Å². The van der Waals surface area contributed by atoms with Crippen molar-refractivity contribution in [2.24, 2.45) is 0 Å². The largest absolute Gasteiger partial charge is 0.418 e. The monoisotopic (exact) mass is 301 g/mol. The molecule has 8 heteroatoms. The molecule has 1 unspecified atom stereocenters. The summed E-state index contributed by atoms with van der Waals surface area (Å²) in [6.45, 7) is 0. The molecule has 1 aliphatic heterocycles. The fraction of sp³-hybridized carbons (Fsp3) is 0.385. The highest BCUT2D eigenvalue weighted by molar-refractivity contribution is 6.01. The van der Waals surface area contributed by atoms with Crippen LogP contribution in [0.1, 0.15) is 18.4 Å². The predicted molar refractivity (Wildman–Crippen MR) is 70.3 cm³/mol. The van der Waals surface area contributed by atoms with Gasteiger partial charge in [0, 0.05) is 24.8 Å². The third kappa shape index (κ3) is 3.09. The van der Waals surface area contributed by atoms with Gasteiger partial charge in [0.2, 0.25) is 5.91 Å². The van der Waals surface area contributed by atoms with Crippen molar-refractivity contribution in [2.75, 3.05) is 18.1 Å². The lowest BCUT2D eigenvalue weighted by Crippen LogP contribution is -2.48. The van der Waals surface area contributed by atoms with Crippen LogP contribution in [-0.2, 0) is 15.8 Å². The summed E-state index contributed by atoms with van der Waals surface area (Å²) < 4.78 is 38.9. The van der Waals surface area contributed by atoms with Gasteiger partial charge < -0.3 is 11.1 Å². The van der Waals surface area contributed by atoms with E-state index in [4.69, 9.17) is 5.73 Å². The van der Waals surface area contributed by atoms with Crippen molar-refractivity contribution < 1.29 is 22.8 Å². The predicted octanol–water partition coefficient (Wildman–Crippen LogP) is 1.85. The number of nitrogen functional groups attached to an aromatic ring is 1. The van der Waals surface area contributed by atoms with Crippen molar-refractivity contribution in [1.82, 2.24) is 4.90 Å². The summed E-state index contributed by atoms with van der Waals surface area (Å²) in [6, 6.07) is 2.45. The Morgan fingerprint density at radius 3 is 2.62 bits per heavy atom. The number of nitrogens with two attached hydrogens (primary N) is 1. The van der Waals surface area contributed by atoms with Gasteiger partial charge in [-0.3, -0.25) is 14.5 Å². The molecular weight excluding hydrogens is 287 g/mol. The van der Waals surface area contributed by atoms with Crippen LogP contribution in [0.4, 0.5) is 24.5 Å². The smallest absolute Gasteiger partial charge is 0.399 e. The highest BCUT2D eigenvalue weighted by Gasteiger charge is 2.36. The van der Waals surface area contributed by atoms with Gasteiger partial charge in [0.15, 0.2) is 0 Å². The van der Waals surface area contributed by atoms with Crippen LogP contribution in [0.15, 0.2) is 18.2 Å². The molecule has 0 aliphatic carbocycles. The molecule has 1 heterocycles. The minimum atomic E-state index is -4.59. The van der Waals surface area contributed by atoms with E-state index in [1.165, 1.54) is 19.2 Å². The molecule has 5 nitrogen and oxygen atoms in total. The molecular formula is C13H14F3N3O2. The van der Waals surface area contributed by atoms with Crippen LogP contribution < -0.4 is 11.1 Å². The number of hydrogen-bond acceptors (Lipinski definition) is 4.